The number of carbonyl (C=O) groups excluding carboxylic acids is 1. The van der Waals surface area contributed by atoms with E-state index in [2.05, 4.69) is 17.0 Å². The Bertz CT molecular complexity index is 353. The lowest BCUT2D eigenvalue weighted by molar-refractivity contribution is -0.112. The van der Waals surface area contributed by atoms with E-state index < -0.39 is 0 Å². The van der Waals surface area contributed by atoms with E-state index in [4.69, 9.17) is 5.11 Å². The topological polar surface area (TPSA) is 40.5 Å². The van der Waals surface area contributed by atoms with Crippen molar-refractivity contribution >= 4 is 6.29 Å². The predicted octanol–water partition coefficient (Wildman–Crippen LogP) is 1.59. The van der Waals surface area contributed by atoms with Gasteiger partial charge >= 0.3 is 0 Å². The van der Waals surface area contributed by atoms with Crippen LogP contribution >= 0.6 is 0 Å². The number of hydrogen-bond acceptors (Lipinski definition) is 3. The number of piperidine rings is 1. The highest BCUT2D eigenvalue weighted by molar-refractivity contribution is 5.53. The van der Waals surface area contributed by atoms with Gasteiger partial charge in [-0.25, -0.2) is 0 Å². The molecule has 1 aliphatic heterocycles. The van der Waals surface area contributed by atoms with Crippen LogP contribution in [-0.4, -0.2) is 29.4 Å². The molecule has 1 heterocycles. The van der Waals surface area contributed by atoms with Crippen LogP contribution in [0.3, 0.4) is 0 Å². The molecular formula is C14H19NO2. The van der Waals surface area contributed by atoms with Crippen LogP contribution in [0, 0.1) is 5.92 Å². The van der Waals surface area contributed by atoms with E-state index >= 15 is 0 Å². The lowest BCUT2D eigenvalue weighted by atomic mass is 9.98. The normalized spacial score (nSPS) is 18.2. The lowest BCUT2D eigenvalue weighted by Crippen LogP contribution is -2.33. The van der Waals surface area contributed by atoms with Gasteiger partial charge < -0.3 is 9.90 Å². The number of carbonyl (C=O) groups is 1. The van der Waals surface area contributed by atoms with Gasteiger partial charge in [0.15, 0.2) is 0 Å². The van der Waals surface area contributed by atoms with Crippen molar-refractivity contribution in [2.75, 3.05) is 13.1 Å². The molecule has 0 atom stereocenters. The Morgan fingerprint density at radius 3 is 2.29 bits per heavy atom. The molecule has 1 saturated heterocycles. The van der Waals surface area contributed by atoms with Crippen LogP contribution in [0.1, 0.15) is 24.0 Å². The molecule has 3 heteroatoms. The van der Waals surface area contributed by atoms with Gasteiger partial charge in [-0.3, -0.25) is 4.90 Å². The van der Waals surface area contributed by atoms with Crippen molar-refractivity contribution in [3.63, 3.8) is 0 Å². The van der Waals surface area contributed by atoms with Crippen LogP contribution in [0.5, 0.6) is 0 Å². The van der Waals surface area contributed by atoms with Gasteiger partial charge in [0.25, 0.3) is 0 Å². The first-order valence-electron chi connectivity index (χ1n) is 6.18. The number of aliphatic hydroxyl groups is 1. The summed E-state index contributed by atoms with van der Waals surface area (Å²) >= 11 is 0. The van der Waals surface area contributed by atoms with E-state index in [0.29, 0.717) is 0 Å². The van der Waals surface area contributed by atoms with Crippen LogP contribution in [0.25, 0.3) is 0 Å². The molecule has 0 unspecified atom stereocenters. The molecule has 0 spiro atoms. The zero-order valence-corrected chi connectivity index (χ0v) is 10.0. The average Bonchev–Trinajstić information content (AvgIpc) is 2.40. The third kappa shape index (κ3) is 3.38. The average molecular weight is 233 g/mol. The first kappa shape index (κ1) is 12.3. The number of benzene rings is 1. The third-order valence-corrected chi connectivity index (χ3v) is 3.44. The fraction of sp³-hybridized carbons (Fsp3) is 0.500. The minimum Gasteiger partial charge on any atom is -0.392 e. The van der Waals surface area contributed by atoms with E-state index in [-0.39, 0.29) is 12.5 Å². The summed E-state index contributed by atoms with van der Waals surface area (Å²) in [5.74, 6) is 0.267. The Balaban J connectivity index is 1.86. The standard InChI is InChI=1S/C14H19NO2/c16-10-13-3-1-12(2-4-13)9-15-7-5-14(11-17)6-8-15/h1-4,11,14,16H,5-10H2. The Kier molecular flexibility index (Phi) is 4.29. The summed E-state index contributed by atoms with van der Waals surface area (Å²) < 4.78 is 0. The van der Waals surface area contributed by atoms with E-state index in [9.17, 15) is 4.79 Å². The molecule has 1 N–H and O–H groups in total. The molecular weight excluding hydrogens is 214 g/mol. The highest BCUT2D eigenvalue weighted by Crippen LogP contribution is 2.17. The Labute approximate surface area is 102 Å². The van der Waals surface area contributed by atoms with Crippen molar-refractivity contribution in [1.82, 2.24) is 4.90 Å². The van der Waals surface area contributed by atoms with Gasteiger partial charge in [0, 0.05) is 12.5 Å². The van der Waals surface area contributed by atoms with Gasteiger partial charge in [0.2, 0.25) is 0 Å². The molecule has 0 amide bonds. The maximum absolute atomic E-state index is 10.7. The molecule has 0 bridgehead atoms. The Morgan fingerprint density at radius 2 is 1.76 bits per heavy atom. The van der Waals surface area contributed by atoms with Crippen molar-refractivity contribution in [2.45, 2.75) is 26.0 Å². The summed E-state index contributed by atoms with van der Waals surface area (Å²) in [6.45, 7) is 3.05. The van der Waals surface area contributed by atoms with E-state index in [0.717, 1.165) is 44.3 Å². The van der Waals surface area contributed by atoms with Gasteiger partial charge in [0.1, 0.15) is 6.29 Å². The minimum atomic E-state index is 0.102. The quantitative estimate of drug-likeness (QED) is 0.803. The maximum atomic E-state index is 10.7. The third-order valence-electron chi connectivity index (χ3n) is 3.44. The monoisotopic (exact) mass is 233 g/mol. The van der Waals surface area contributed by atoms with Gasteiger partial charge in [0.05, 0.1) is 6.61 Å². The predicted molar refractivity (Wildman–Crippen MR) is 66.4 cm³/mol. The first-order chi connectivity index (χ1) is 8.31. The number of aliphatic hydroxyl groups excluding tert-OH is 1. The molecule has 1 aromatic carbocycles. The van der Waals surface area contributed by atoms with Crippen molar-refractivity contribution < 1.29 is 9.90 Å². The van der Waals surface area contributed by atoms with Crippen LogP contribution < -0.4 is 0 Å². The van der Waals surface area contributed by atoms with Crippen molar-refractivity contribution in [1.29, 1.82) is 0 Å². The van der Waals surface area contributed by atoms with Gasteiger partial charge in [-0.15, -0.1) is 0 Å². The summed E-state index contributed by atoms with van der Waals surface area (Å²) in [5.41, 5.74) is 2.22. The molecule has 0 aliphatic carbocycles. The van der Waals surface area contributed by atoms with E-state index in [1.807, 2.05) is 12.1 Å². The number of rotatable bonds is 4. The zero-order chi connectivity index (χ0) is 12.1. The number of likely N-dealkylation sites (tertiary alicyclic amines) is 1. The lowest BCUT2D eigenvalue weighted by Gasteiger charge is -2.29. The Morgan fingerprint density at radius 1 is 1.18 bits per heavy atom. The second-order valence-electron chi connectivity index (χ2n) is 4.72. The fourth-order valence-corrected chi connectivity index (χ4v) is 2.26. The van der Waals surface area contributed by atoms with Crippen molar-refractivity contribution in [2.24, 2.45) is 5.92 Å². The first-order valence-corrected chi connectivity index (χ1v) is 6.18. The maximum Gasteiger partial charge on any atom is 0.123 e. The van der Waals surface area contributed by atoms with E-state index in [1.165, 1.54) is 5.56 Å². The molecule has 0 aromatic heterocycles. The Hall–Kier alpha value is -1.19. The summed E-state index contributed by atoms with van der Waals surface area (Å²) in [4.78, 5) is 13.0. The summed E-state index contributed by atoms with van der Waals surface area (Å²) in [6, 6.07) is 8.07. The second-order valence-corrected chi connectivity index (χ2v) is 4.72. The van der Waals surface area contributed by atoms with Gasteiger partial charge in [-0.05, 0) is 37.1 Å². The largest absolute Gasteiger partial charge is 0.392 e. The van der Waals surface area contributed by atoms with Gasteiger partial charge in [-0.1, -0.05) is 24.3 Å². The van der Waals surface area contributed by atoms with E-state index in [1.54, 1.807) is 0 Å². The zero-order valence-electron chi connectivity index (χ0n) is 10.0. The van der Waals surface area contributed by atoms with Crippen molar-refractivity contribution in [3.05, 3.63) is 35.4 Å². The molecule has 1 fully saturated rings. The van der Waals surface area contributed by atoms with Crippen LogP contribution in [0.2, 0.25) is 0 Å². The molecule has 3 nitrogen and oxygen atoms in total. The molecule has 17 heavy (non-hydrogen) atoms. The number of aldehydes is 1. The molecule has 92 valence electrons. The highest BCUT2D eigenvalue weighted by Gasteiger charge is 2.18. The highest BCUT2D eigenvalue weighted by atomic mass is 16.3. The molecule has 1 aliphatic rings. The fourth-order valence-electron chi connectivity index (χ4n) is 2.26. The number of nitrogens with zero attached hydrogens (tertiary/aromatic N) is 1. The summed E-state index contributed by atoms with van der Waals surface area (Å²) in [6.07, 6.45) is 3.06. The SMILES string of the molecule is O=CC1CCN(Cc2ccc(CO)cc2)CC1. The van der Waals surface area contributed by atoms with Crippen molar-refractivity contribution in [3.8, 4) is 0 Å². The van der Waals surface area contributed by atoms with Gasteiger partial charge in [-0.2, -0.15) is 0 Å². The molecule has 1 aromatic rings. The molecule has 2 rings (SSSR count). The summed E-state index contributed by atoms with van der Waals surface area (Å²) in [5, 5.41) is 8.96. The molecule has 0 saturated carbocycles. The number of hydrogen-bond donors (Lipinski definition) is 1. The van der Waals surface area contributed by atoms with Crippen LogP contribution in [0.4, 0.5) is 0 Å². The molecule has 0 radical (unpaired) electrons. The van der Waals surface area contributed by atoms with Crippen LogP contribution in [-0.2, 0) is 17.9 Å². The second kappa shape index (κ2) is 5.94. The van der Waals surface area contributed by atoms with Crippen LogP contribution in [0.15, 0.2) is 24.3 Å². The minimum absolute atomic E-state index is 0.102. The summed E-state index contributed by atoms with van der Waals surface area (Å²) in [7, 11) is 0. The smallest absolute Gasteiger partial charge is 0.123 e.